The van der Waals surface area contributed by atoms with Crippen LogP contribution in [0.3, 0.4) is 0 Å². The number of hydrogen-bond acceptors (Lipinski definition) is 12. The van der Waals surface area contributed by atoms with E-state index in [0.29, 0.717) is 17.6 Å². The molecule has 2 saturated carbocycles. The molecule has 0 spiro atoms. The fourth-order valence-corrected chi connectivity index (χ4v) is 10.6. The molecule has 52 heavy (non-hydrogen) atoms. The summed E-state index contributed by atoms with van der Waals surface area (Å²) in [7, 11) is 1.31. The molecule has 0 N–H and O–H groups in total. The van der Waals surface area contributed by atoms with Crippen molar-refractivity contribution in [3.63, 3.8) is 0 Å². The van der Waals surface area contributed by atoms with E-state index in [2.05, 4.69) is 0 Å². The van der Waals surface area contributed by atoms with Crippen LogP contribution in [-0.2, 0) is 47.6 Å². The molecule has 12 heteroatoms. The van der Waals surface area contributed by atoms with Gasteiger partial charge >= 0.3 is 29.8 Å². The van der Waals surface area contributed by atoms with E-state index in [4.69, 9.17) is 32.8 Å². The minimum Gasteiger partial charge on any atom is -0.472 e. The van der Waals surface area contributed by atoms with Gasteiger partial charge in [0.15, 0.2) is 0 Å². The molecule has 1 aromatic heterocycles. The van der Waals surface area contributed by atoms with Gasteiger partial charge in [-0.15, -0.1) is 0 Å². The molecule has 4 aliphatic rings. The van der Waals surface area contributed by atoms with Crippen molar-refractivity contribution in [2.45, 2.75) is 104 Å². The number of allylic oxidation sites excluding steroid dienone is 1. The molecule has 0 unspecified atom stereocenters. The molecular weight excluding hydrogens is 672 g/mol. The summed E-state index contributed by atoms with van der Waals surface area (Å²) in [5.74, 6) is -4.22. The summed E-state index contributed by atoms with van der Waals surface area (Å²) in [4.78, 5) is 66.1. The van der Waals surface area contributed by atoms with Gasteiger partial charge in [-0.3, -0.25) is 19.2 Å². The maximum Gasteiger partial charge on any atom is 0.338 e. The molecule has 1 aromatic carbocycles. The van der Waals surface area contributed by atoms with Crippen molar-refractivity contribution in [3.8, 4) is 0 Å². The Balaban J connectivity index is 1.65. The Bertz CT molecular complexity index is 1750. The molecule has 12 nitrogen and oxygen atoms in total. The lowest BCUT2D eigenvalue weighted by Crippen LogP contribution is -2.72. The lowest BCUT2D eigenvalue weighted by Gasteiger charge is -2.66. The van der Waals surface area contributed by atoms with Crippen molar-refractivity contribution in [2.75, 3.05) is 13.7 Å². The van der Waals surface area contributed by atoms with Gasteiger partial charge in [-0.1, -0.05) is 44.5 Å². The monoisotopic (exact) mass is 720 g/mol. The number of carbonyl (C=O) groups is 5. The van der Waals surface area contributed by atoms with E-state index in [1.807, 2.05) is 33.8 Å². The summed E-state index contributed by atoms with van der Waals surface area (Å²) in [6, 6.07) is 10.4. The standard InChI is InChI=1S/C40H48O12/c1-21-27(26-14-15-47-19-26)16-28(49-22(2)41)33(21)40(7)29(17-32(44)46-8)39(6)31(51-24(4)43)18-30(50-23(3)42)38(5)20-48-34(35(38)39)36(40)52-37(45)25-12-10-9-11-13-25/h9-15,19,27-31,34-36H,16-18,20H2,1-8H3/t27-,28+,29+,30-,31+,34-,35+,36+,38-,39+,40-/m1/s1. The second-order valence-electron chi connectivity index (χ2n) is 15.4. The van der Waals surface area contributed by atoms with Crippen LogP contribution in [0, 0.1) is 28.1 Å². The number of benzene rings is 1. The van der Waals surface area contributed by atoms with Crippen LogP contribution in [0.1, 0.15) is 89.6 Å². The van der Waals surface area contributed by atoms with Gasteiger partial charge in [0.2, 0.25) is 0 Å². The molecule has 0 bridgehead atoms. The predicted octanol–water partition coefficient (Wildman–Crippen LogP) is 5.73. The normalized spacial score (nSPS) is 36.4. The molecule has 0 amide bonds. The van der Waals surface area contributed by atoms with Gasteiger partial charge in [-0.05, 0) is 48.6 Å². The maximum atomic E-state index is 14.2. The Morgan fingerprint density at radius 3 is 2.10 bits per heavy atom. The molecule has 1 aliphatic heterocycles. The van der Waals surface area contributed by atoms with Crippen LogP contribution >= 0.6 is 0 Å². The van der Waals surface area contributed by atoms with Crippen LogP contribution in [0.15, 0.2) is 64.5 Å². The van der Waals surface area contributed by atoms with E-state index >= 15 is 0 Å². The van der Waals surface area contributed by atoms with Crippen molar-refractivity contribution in [3.05, 3.63) is 71.2 Å². The fraction of sp³-hybridized carbons (Fsp3) is 0.575. The van der Waals surface area contributed by atoms with Crippen LogP contribution in [0.2, 0.25) is 0 Å². The summed E-state index contributed by atoms with van der Waals surface area (Å²) in [5.41, 5.74) is -0.441. The number of ether oxygens (including phenoxy) is 6. The Hall–Kier alpha value is -4.45. The highest BCUT2D eigenvalue weighted by Crippen LogP contribution is 2.72. The van der Waals surface area contributed by atoms with E-state index in [-0.39, 0.29) is 25.4 Å². The Kier molecular flexibility index (Phi) is 9.93. The number of methoxy groups -OCH3 is 1. The zero-order chi connectivity index (χ0) is 37.7. The minimum absolute atomic E-state index is 0.131. The van der Waals surface area contributed by atoms with Gasteiger partial charge in [-0.2, -0.15) is 0 Å². The fourth-order valence-electron chi connectivity index (χ4n) is 10.6. The van der Waals surface area contributed by atoms with Gasteiger partial charge in [0.25, 0.3) is 0 Å². The molecule has 1 saturated heterocycles. The number of rotatable bonds is 9. The first kappa shape index (κ1) is 37.3. The molecule has 0 radical (unpaired) electrons. The lowest BCUT2D eigenvalue weighted by atomic mass is 9.39. The van der Waals surface area contributed by atoms with E-state index in [9.17, 15) is 24.0 Å². The van der Waals surface area contributed by atoms with Crippen molar-refractivity contribution in [1.82, 2.24) is 0 Å². The third-order valence-electron chi connectivity index (χ3n) is 12.5. The highest BCUT2D eigenvalue weighted by molar-refractivity contribution is 5.89. The summed E-state index contributed by atoms with van der Waals surface area (Å²) in [6.07, 6.45) is -0.670. The Morgan fingerprint density at radius 2 is 1.50 bits per heavy atom. The summed E-state index contributed by atoms with van der Waals surface area (Å²) < 4.78 is 42.5. The first-order valence-corrected chi connectivity index (χ1v) is 17.8. The van der Waals surface area contributed by atoms with E-state index < -0.39 is 88.4 Å². The highest BCUT2D eigenvalue weighted by Gasteiger charge is 2.77. The largest absolute Gasteiger partial charge is 0.472 e. The van der Waals surface area contributed by atoms with E-state index in [0.717, 1.165) is 11.1 Å². The van der Waals surface area contributed by atoms with Crippen LogP contribution in [0.4, 0.5) is 0 Å². The van der Waals surface area contributed by atoms with Crippen LogP contribution in [0.25, 0.3) is 0 Å². The van der Waals surface area contributed by atoms with Gasteiger partial charge in [0.05, 0.1) is 37.9 Å². The summed E-state index contributed by atoms with van der Waals surface area (Å²) in [5, 5.41) is 0. The second-order valence-corrected chi connectivity index (χ2v) is 15.4. The Morgan fingerprint density at radius 1 is 0.846 bits per heavy atom. The third kappa shape index (κ3) is 6.02. The average Bonchev–Trinajstić information content (AvgIpc) is 3.82. The van der Waals surface area contributed by atoms with Crippen LogP contribution < -0.4 is 0 Å². The van der Waals surface area contributed by atoms with Crippen molar-refractivity contribution >= 4 is 29.8 Å². The minimum atomic E-state index is -1.28. The molecular formula is C40H48O12. The Labute approximate surface area is 303 Å². The van der Waals surface area contributed by atoms with E-state index in [1.54, 1.807) is 42.9 Å². The third-order valence-corrected chi connectivity index (χ3v) is 12.5. The molecule has 2 aromatic rings. The molecule has 280 valence electrons. The number of hydrogen-bond donors (Lipinski definition) is 0. The zero-order valence-corrected chi connectivity index (χ0v) is 31.0. The molecule has 11 atom stereocenters. The van der Waals surface area contributed by atoms with Crippen LogP contribution in [-0.4, -0.2) is 74.1 Å². The number of carbonyl (C=O) groups excluding carboxylic acids is 5. The molecule has 3 aliphatic carbocycles. The lowest BCUT2D eigenvalue weighted by molar-refractivity contribution is -0.256. The van der Waals surface area contributed by atoms with E-state index in [1.165, 1.54) is 27.9 Å². The van der Waals surface area contributed by atoms with Crippen molar-refractivity contribution < 1.29 is 56.8 Å². The summed E-state index contributed by atoms with van der Waals surface area (Å²) in [6.45, 7) is 12.0. The van der Waals surface area contributed by atoms with Gasteiger partial charge in [0.1, 0.15) is 24.4 Å². The van der Waals surface area contributed by atoms with Gasteiger partial charge in [0, 0.05) is 61.7 Å². The van der Waals surface area contributed by atoms with Gasteiger partial charge < -0.3 is 32.8 Å². The molecule has 6 rings (SSSR count). The second kappa shape index (κ2) is 13.8. The van der Waals surface area contributed by atoms with Crippen molar-refractivity contribution in [1.29, 1.82) is 0 Å². The maximum absolute atomic E-state index is 14.2. The smallest absolute Gasteiger partial charge is 0.338 e. The topological polar surface area (TPSA) is 154 Å². The van der Waals surface area contributed by atoms with Crippen molar-refractivity contribution in [2.24, 2.45) is 28.1 Å². The quantitative estimate of drug-likeness (QED) is 0.176. The zero-order valence-electron chi connectivity index (χ0n) is 31.0. The highest BCUT2D eigenvalue weighted by atomic mass is 16.6. The average molecular weight is 721 g/mol. The predicted molar refractivity (Wildman–Crippen MR) is 183 cm³/mol. The number of esters is 5. The number of furan rings is 1. The SMILES string of the molecule is COC(=O)C[C@@H]1[C@](C)(C2=C(C)[C@H](c3ccoc3)C[C@@H]2OC(C)=O)[C@@H](OC(=O)c2ccccc2)[C@@H]2OC[C@]3(C)[C@H](OC(C)=O)C[C@H](OC(C)=O)[C@@]1(C)[C@@H]23. The first-order chi connectivity index (χ1) is 24.6. The molecule has 2 heterocycles. The molecule has 3 fully saturated rings. The van der Waals surface area contributed by atoms with Gasteiger partial charge in [-0.25, -0.2) is 4.79 Å². The van der Waals surface area contributed by atoms with Crippen LogP contribution in [0.5, 0.6) is 0 Å². The first-order valence-electron chi connectivity index (χ1n) is 17.8. The summed E-state index contributed by atoms with van der Waals surface area (Å²) >= 11 is 0.